The summed E-state index contributed by atoms with van der Waals surface area (Å²) in [4.78, 5) is 0. The molecule has 0 aliphatic rings. The highest BCUT2D eigenvalue weighted by Gasteiger charge is 1.93. The summed E-state index contributed by atoms with van der Waals surface area (Å²) in [6, 6.07) is 8.75. The van der Waals surface area contributed by atoms with Gasteiger partial charge in [-0.15, -0.1) is 0 Å². The van der Waals surface area contributed by atoms with Gasteiger partial charge in [-0.2, -0.15) is 11.8 Å². The zero-order valence-electron chi connectivity index (χ0n) is 9.05. The summed E-state index contributed by atoms with van der Waals surface area (Å²) in [5.74, 6) is 2.33. The van der Waals surface area contributed by atoms with Crippen LogP contribution in [0.5, 0.6) is 0 Å². The van der Waals surface area contributed by atoms with E-state index in [0.717, 1.165) is 18.8 Å². The lowest BCUT2D eigenvalue weighted by Crippen LogP contribution is -2.15. The number of hydrogen-bond donors (Lipinski definition) is 1. The van der Waals surface area contributed by atoms with Gasteiger partial charge in [0.2, 0.25) is 0 Å². The van der Waals surface area contributed by atoms with Crippen molar-refractivity contribution in [2.75, 3.05) is 18.8 Å². The van der Waals surface area contributed by atoms with Crippen molar-refractivity contribution in [3.63, 3.8) is 0 Å². The van der Waals surface area contributed by atoms with E-state index in [9.17, 15) is 0 Å². The van der Waals surface area contributed by atoms with Gasteiger partial charge in [0, 0.05) is 18.1 Å². The van der Waals surface area contributed by atoms with E-state index in [1.165, 1.54) is 16.9 Å². The molecule has 0 bridgehead atoms. The largest absolute Gasteiger partial charge is 0.316 e. The van der Waals surface area contributed by atoms with Crippen LogP contribution < -0.4 is 5.32 Å². The van der Waals surface area contributed by atoms with Gasteiger partial charge in [-0.3, -0.25) is 0 Å². The molecule has 0 saturated heterocycles. The molecule has 0 heterocycles. The second-order valence-corrected chi connectivity index (χ2v) is 4.50. The van der Waals surface area contributed by atoms with Gasteiger partial charge < -0.3 is 5.32 Å². The molecule has 0 unspecified atom stereocenters. The van der Waals surface area contributed by atoms with E-state index in [1.807, 2.05) is 11.8 Å². The maximum absolute atomic E-state index is 3.33. The molecule has 0 fully saturated rings. The highest BCUT2D eigenvalue weighted by Crippen LogP contribution is 2.12. The van der Waals surface area contributed by atoms with Gasteiger partial charge in [0.1, 0.15) is 0 Å². The van der Waals surface area contributed by atoms with Crippen LogP contribution in [0.4, 0.5) is 0 Å². The van der Waals surface area contributed by atoms with Gasteiger partial charge in [-0.05, 0) is 19.0 Å². The lowest BCUT2D eigenvalue weighted by molar-refractivity contribution is 0.768. The first-order valence-corrected chi connectivity index (χ1v) is 6.32. The molecule has 2 heteroatoms. The molecule has 0 saturated carbocycles. The van der Waals surface area contributed by atoms with Crippen LogP contribution in [-0.2, 0) is 5.75 Å². The van der Waals surface area contributed by atoms with Crippen molar-refractivity contribution in [3.05, 3.63) is 35.4 Å². The number of aryl methyl sites for hydroxylation is 1. The van der Waals surface area contributed by atoms with E-state index in [2.05, 4.69) is 43.4 Å². The zero-order valence-corrected chi connectivity index (χ0v) is 9.86. The monoisotopic (exact) mass is 209 g/mol. The van der Waals surface area contributed by atoms with Crippen molar-refractivity contribution in [1.29, 1.82) is 0 Å². The molecule has 0 aliphatic heterocycles. The molecule has 0 aliphatic carbocycles. The Morgan fingerprint density at radius 3 is 2.93 bits per heavy atom. The van der Waals surface area contributed by atoms with Crippen LogP contribution >= 0.6 is 11.8 Å². The molecule has 1 aromatic rings. The molecule has 0 aromatic heterocycles. The van der Waals surface area contributed by atoms with Gasteiger partial charge in [-0.25, -0.2) is 0 Å². The Bertz CT molecular complexity index is 260. The first-order chi connectivity index (χ1) is 6.83. The molecule has 1 rings (SSSR count). The van der Waals surface area contributed by atoms with E-state index in [1.54, 1.807) is 0 Å². The van der Waals surface area contributed by atoms with Crippen LogP contribution in [0.1, 0.15) is 18.1 Å². The smallest absolute Gasteiger partial charge is 0.0185 e. The third-order valence-electron chi connectivity index (χ3n) is 2.02. The lowest BCUT2D eigenvalue weighted by atomic mass is 10.2. The second-order valence-electron chi connectivity index (χ2n) is 3.40. The van der Waals surface area contributed by atoms with Crippen molar-refractivity contribution >= 4 is 11.8 Å². The average Bonchev–Trinajstić information content (AvgIpc) is 2.18. The number of rotatable bonds is 6. The van der Waals surface area contributed by atoms with Crippen molar-refractivity contribution in [1.82, 2.24) is 5.32 Å². The zero-order chi connectivity index (χ0) is 10.2. The summed E-state index contributed by atoms with van der Waals surface area (Å²) in [6.45, 7) is 6.48. The summed E-state index contributed by atoms with van der Waals surface area (Å²) in [5, 5.41) is 3.33. The van der Waals surface area contributed by atoms with Gasteiger partial charge >= 0.3 is 0 Å². The second kappa shape index (κ2) is 6.91. The highest BCUT2D eigenvalue weighted by molar-refractivity contribution is 7.98. The van der Waals surface area contributed by atoms with E-state index < -0.39 is 0 Å². The topological polar surface area (TPSA) is 12.0 Å². The normalized spacial score (nSPS) is 10.4. The Hall–Kier alpha value is -0.470. The minimum Gasteiger partial charge on any atom is -0.316 e. The first-order valence-electron chi connectivity index (χ1n) is 5.17. The van der Waals surface area contributed by atoms with E-state index in [0.29, 0.717) is 0 Å². The Morgan fingerprint density at radius 1 is 1.36 bits per heavy atom. The number of hydrogen-bond acceptors (Lipinski definition) is 2. The molecule has 1 N–H and O–H groups in total. The van der Waals surface area contributed by atoms with Crippen LogP contribution in [0, 0.1) is 6.92 Å². The van der Waals surface area contributed by atoms with Gasteiger partial charge in [0.15, 0.2) is 0 Å². The van der Waals surface area contributed by atoms with Crippen LogP contribution in [0.25, 0.3) is 0 Å². The minimum atomic E-state index is 1.07. The summed E-state index contributed by atoms with van der Waals surface area (Å²) in [7, 11) is 0. The van der Waals surface area contributed by atoms with E-state index in [4.69, 9.17) is 0 Å². The van der Waals surface area contributed by atoms with Gasteiger partial charge in [-0.1, -0.05) is 36.8 Å². The fraction of sp³-hybridized carbons (Fsp3) is 0.500. The molecule has 0 radical (unpaired) electrons. The fourth-order valence-corrected chi connectivity index (χ4v) is 2.16. The Morgan fingerprint density at radius 2 is 2.21 bits per heavy atom. The quantitative estimate of drug-likeness (QED) is 0.723. The van der Waals surface area contributed by atoms with E-state index in [-0.39, 0.29) is 0 Å². The van der Waals surface area contributed by atoms with Crippen LogP contribution in [-0.4, -0.2) is 18.8 Å². The van der Waals surface area contributed by atoms with Crippen LogP contribution in [0.3, 0.4) is 0 Å². The van der Waals surface area contributed by atoms with Gasteiger partial charge in [0.05, 0.1) is 0 Å². The summed E-state index contributed by atoms with van der Waals surface area (Å²) < 4.78 is 0. The molecule has 14 heavy (non-hydrogen) atoms. The SMILES string of the molecule is CCNCCSCc1cccc(C)c1. The highest BCUT2D eigenvalue weighted by atomic mass is 32.2. The van der Waals surface area contributed by atoms with E-state index >= 15 is 0 Å². The number of benzene rings is 1. The minimum absolute atomic E-state index is 1.07. The Balaban J connectivity index is 2.18. The maximum Gasteiger partial charge on any atom is 0.0185 e. The van der Waals surface area contributed by atoms with Crippen molar-refractivity contribution in [2.24, 2.45) is 0 Å². The van der Waals surface area contributed by atoms with Crippen molar-refractivity contribution < 1.29 is 0 Å². The molecule has 1 nitrogen and oxygen atoms in total. The van der Waals surface area contributed by atoms with Crippen LogP contribution in [0.2, 0.25) is 0 Å². The summed E-state index contributed by atoms with van der Waals surface area (Å²) in [5.41, 5.74) is 2.79. The molecular formula is C12H19NS. The number of thioether (sulfide) groups is 1. The third-order valence-corrected chi connectivity index (χ3v) is 3.05. The number of nitrogens with one attached hydrogen (secondary N) is 1. The molecule has 78 valence electrons. The molecule has 0 atom stereocenters. The standard InChI is InChI=1S/C12H19NS/c1-3-13-7-8-14-10-12-6-4-5-11(2)9-12/h4-6,9,13H,3,7-8,10H2,1-2H3. The molecular weight excluding hydrogens is 190 g/mol. The maximum atomic E-state index is 3.33. The Kier molecular flexibility index (Phi) is 5.72. The van der Waals surface area contributed by atoms with Crippen molar-refractivity contribution in [3.8, 4) is 0 Å². The summed E-state index contributed by atoms with van der Waals surface area (Å²) in [6.07, 6.45) is 0. The average molecular weight is 209 g/mol. The molecule has 0 amide bonds. The molecule has 1 aromatic carbocycles. The predicted molar refractivity (Wildman–Crippen MR) is 65.9 cm³/mol. The van der Waals surface area contributed by atoms with Crippen molar-refractivity contribution in [2.45, 2.75) is 19.6 Å². The first kappa shape index (κ1) is 11.6. The predicted octanol–water partition coefficient (Wildman–Crippen LogP) is 2.84. The third kappa shape index (κ3) is 4.68. The van der Waals surface area contributed by atoms with Gasteiger partial charge in [0.25, 0.3) is 0 Å². The molecule has 0 spiro atoms. The van der Waals surface area contributed by atoms with Crippen LogP contribution in [0.15, 0.2) is 24.3 Å². The summed E-state index contributed by atoms with van der Waals surface area (Å²) >= 11 is 1.99. The fourth-order valence-electron chi connectivity index (χ4n) is 1.31. The lowest BCUT2D eigenvalue weighted by Gasteiger charge is -2.03. The Labute approximate surface area is 91.3 Å².